The summed E-state index contributed by atoms with van der Waals surface area (Å²) in [5.41, 5.74) is 1.36. The molecule has 0 unspecified atom stereocenters. The molecule has 0 atom stereocenters. The molecule has 26 heavy (non-hydrogen) atoms. The van der Waals surface area contributed by atoms with Gasteiger partial charge in [-0.15, -0.1) is 0 Å². The molecule has 3 rings (SSSR count). The Kier molecular flexibility index (Phi) is 5.65. The van der Waals surface area contributed by atoms with Gasteiger partial charge in [0.2, 0.25) is 5.95 Å². The van der Waals surface area contributed by atoms with E-state index in [9.17, 15) is 0 Å². The molecule has 0 bridgehead atoms. The molecule has 2 N–H and O–H groups in total. The van der Waals surface area contributed by atoms with Crippen LogP contribution in [0.15, 0.2) is 48.7 Å². The van der Waals surface area contributed by atoms with Crippen LogP contribution < -0.4 is 20.1 Å². The lowest BCUT2D eigenvalue weighted by molar-refractivity contribution is 0.417. The molecule has 2 aromatic carbocycles. The number of benzene rings is 2. The zero-order valence-electron chi connectivity index (χ0n) is 14.1. The standard InChI is InChI=1S/C18H16Cl2N4O2/c1-25-15-5-3-11(19)9-13(15)22-17-7-8-21-18(24-17)23-14-10-12(20)4-6-16(14)26-2/h3-10H,1-2H3,(H2,21,22,23,24). The lowest BCUT2D eigenvalue weighted by atomic mass is 10.3. The molecule has 0 spiro atoms. The molecule has 0 aliphatic carbocycles. The van der Waals surface area contributed by atoms with Crippen molar-refractivity contribution in [3.63, 3.8) is 0 Å². The van der Waals surface area contributed by atoms with Crippen LogP contribution in [0.5, 0.6) is 11.5 Å². The summed E-state index contributed by atoms with van der Waals surface area (Å²) in [6.45, 7) is 0. The smallest absolute Gasteiger partial charge is 0.229 e. The van der Waals surface area contributed by atoms with Crippen molar-refractivity contribution in [3.05, 3.63) is 58.7 Å². The minimum absolute atomic E-state index is 0.386. The quantitative estimate of drug-likeness (QED) is 0.595. The Labute approximate surface area is 161 Å². The number of halogens is 2. The van der Waals surface area contributed by atoms with Crippen LogP contribution in [0.4, 0.5) is 23.1 Å². The minimum atomic E-state index is 0.386. The molecule has 0 aliphatic rings. The van der Waals surface area contributed by atoms with Gasteiger partial charge >= 0.3 is 0 Å². The highest BCUT2D eigenvalue weighted by molar-refractivity contribution is 6.31. The molecule has 0 amide bonds. The summed E-state index contributed by atoms with van der Waals surface area (Å²) in [4.78, 5) is 8.67. The van der Waals surface area contributed by atoms with E-state index >= 15 is 0 Å². The number of hydrogen-bond acceptors (Lipinski definition) is 6. The maximum absolute atomic E-state index is 6.06. The fraction of sp³-hybridized carbons (Fsp3) is 0.111. The van der Waals surface area contributed by atoms with Gasteiger partial charge in [-0.25, -0.2) is 4.98 Å². The van der Waals surface area contributed by atoms with Crippen molar-refractivity contribution in [2.45, 2.75) is 0 Å². The predicted octanol–water partition coefficient (Wildman–Crippen LogP) is 5.29. The normalized spacial score (nSPS) is 10.3. The molecular formula is C18H16Cl2N4O2. The summed E-state index contributed by atoms with van der Waals surface area (Å²) in [6.07, 6.45) is 1.63. The SMILES string of the molecule is COc1ccc(Cl)cc1Nc1ccnc(Nc2cc(Cl)ccc2OC)n1. The minimum Gasteiger partial charge on any atom is -0.495 e. The van der Waals surface area contributed by atoms with Crippen molar-refractivity contribution < 1.29 is 9.47 Å². The fourth-order valence-corrected chi connectivity index (χ4v) is 2.65. The van der Waals surface area contributed by atoms with Crippen LogP contribution in [0.1, 0.15) is 0 Å². The third-order valence-electron chi connectivity index (χ3n) is 3.49. The average Bonchev–Trinajstić information content (AvgIpc) is 2.62. The Bertz CT molecular complexity index is 851. The summed E-state index contributed by atoms with van der Waals surface area (Å²) in [5, 5.41) is 7.44. The maximum atomic E-state index is 6.06. The lowest BCUT2D eigenvalue weighted by Gasteiger charge is -2.13. The lowest BCUT2D eigenvalue weighted by Crippen LogP contribution is -2.02. The van der Waals surface area contributed by atoms with Crippen molar-refractivity contribution in [2.24, 2.45) is 0 Å². The summed E-state index contributed by atoms with van der Waals surface area (Å²) in [5.74, 6) is 2.24. The van der Waals surface area contributed by atoms with Gasteiger partial charge in [-0.2, -0.15) is 4.98 Å². The molecule has 0 saturated heterocycles. The molecule has 1 heterocycles. The molecule has 134 valence electrons. The van der Waals surface area contributed by atoms with Gasteiger partial charge in [-0.05, 0) is 42.5 Å². The van der Waals surface area contributed by atoms with Crippen molar-refractivity contribution >= 4 is 46.3 Å². The topological polar surface area (TPSA) is 68.3 Å². The van der Waals surface area contributed by atoms with E-state index < -0.39 is 0 Å². The van der Waals surface area contributed by atoms with Crippen LogP contribution in [0, 0.1) is 0 Å². The Morgan fingerprint density at radius 1 is 0.808 bits per heavy atom. The van der Waals surface area contributed by atoms with Gasteiger partial charge < -0.3 is 20.1 Å². The van der Waals surface area contributed by atoms with Crippen molar-refractivity contribution in [1.82, 2.24) is 9.97 Å². The van der Waals surface area contributed by atoms with Gasteiger partial charge in [0, 0.05) is 16.2 Å². The Morgan fingerprint density at radius 2 is 1.38 bits per heavy atom. The van der Waals surface area contributed by atoms with Gasteiger partial charge in [0.05, 0.1) is 25.6 Å². The molecule has 0 saturated carbocycles. The zero-order chi connectivity index (χ0) is 18.5. The van der Waals surface area contributed by atoms with E-state index in [0.717, 1.165) is 0 Å². The molecule has 6 nitrogen and oxygen atoms in total. The van der Waals surface area contributed by atoms with E-state index in [-0.39, 0.29) is 0 Å². The second kappa shape index (κ2) is 8.12. The molecule has 8 heteroatoms. The van der Waals surface area contributed by atoms with Crippen LogP contribution >= 0.6 is 23.2 Å². The zero-order valence-corrected chi connectivity index (χ0v) is 15.6. The van der Waals surface area contributed by atoms with Crippen molar-refractivity contribution in [2.75, 3.05) is 24.9 Å². The summed E-state index contributed by atoms with van der Waals surface area (Å²) < 4.78 is 10.6. The first-order valence-corrected chi connectivity index (χ1v) is 8.39. The number of nitrogens with one attached hydrogen (secondary N) is 2. The predicted molar refractivity (Wildman–Crippen MR) is 105 cm³/mol. The summed E-state index contributed by atoms with van der Waals surface area (Å²) in [6, 6.07) is 12.3. The highest BCUT2D eigenvalue weighted by Crippen LogP contribution is 2.31. The third kappa shape index (κ3) is 4.28. The molecular weight excluding hydrogens is 375 g/mol. The van der Waals surface area contributed by atoms with Gasteiger partial charge in [0.1, 0.15) is 17.3 Å². The molecule has 0 fully saturated rings. The number of methoxy groups -OCH3 is 2. The first kappa shape index (κ1) is 18.1. The maximum Gasteiger partial charge on any atom is 0.229 e. The Morgan fingerprint density at radius 3 is 1.96 bits per heavy atom. The van der Waals surface area contributed by atoms with Crippen molar-refractivity contribution in [1.29, 1.82) is 0 Å². The number of anilines is 4. The Balaban J connectivity index is 1.85. The van der Waals surface area contributed by atoms with Crippen LogP contribution in [0.25, 0.3) is 0 Å². The number of nitrogens with zero attached hydrogens (tertiary/aromatic N) is 2. The fourth-order valence-electron chi connectivity index (χ4n) is 2.30. The summed E-state index contributed by atoms with van der Waals surface area (Å²) >= 11 is 12.1. The van der Waals surface area contributed by atoms with Crippen LogP contribution in [0.2, 0.25) is 10.0 Å². The Hall–Kier alpha value is -2.70. The molecule has 1 aromatic heterocycles. The average molecular weight is 391 g/mol. The van der Waals surface area contributed by atoms with Crippen molar-refractivity contribution in [3.8, 4) is 11.5 Å². The van der Waals surface area contributed by atoms with E-state index in [2.05, 4.69) is 20.6 Å². The van der Waals surface area contributed by atoms with Gasteiger partial charge in [-0.3, -0.25) is 0 Å². The van der Waals surface area contributed by atoms with Crippen LogP contribution in [0.3, 0.4) is 0 Å². The monoisotopic (exact) mass is 390 g/mol. The van der Waals surface area contributed by atoms with E-state index in [1.165, 1.54) is 0 Å². The van der Waals surface area contributed by atoms with E-state index in [1.54, 1.807) is 62.9 Å². The number of aromatic nitrogens is 2. The van der Waals surface area contributed by atoms with Crippen LogP contribution in [-0.2, 0) is 0 Å². The van der Waals surface area contributed by atoms with Gasteiger partial charge in [0.15, 0.2) is 0 Å². The molecule has 0 radical (unpaired) electrons. The number of ether oxygens (including phenoxy) is 2. The highest BCUT2D eigenvalue weighted by atomic mass is 35.5. The second-order valence-corrected chi connectivity index (χ2v) is 6.08. The summed E-state index contributed by atoms with van der Waals surface area (Å²) in [7, 11) is 3.17. The van der Waals surface area contributed by atoms with Gasteiger partial charge in [-0.1, -0.05) is 23.2 Å². The number of rotatable bonds is 6. The largest absolute Gasteiger partial charge is 0.495 e. The highest BCUT2D eigenvalue weighted by Gasteiger charge is 2.09. The molecule has 0 aliphatic heterocycles. The number of hydrogen-bond donors (Lipinski definition) is 2. The molecule has 3 aromatic rings. The first-order chi connectivity index (χ1) is 12.6. The van der Waals surface area contributed by atoms with E-state index in [1.807, 2.05) is 0 Å². The third-order valence-corrected chi connectivity index (χ3v) is 3.96. The van der Waals surface area contributed by atoms with E-state index in [4.69, 9.17) is 32.7 Å². The second-order valence-electron chi connectivity index (χ2n) is 5.20. The van der Waals surface area contributed by atoms with E-state index in [0.29, 0.717) is 44.7 Å². The van der Waals surface area contributed by atoms with Crippen LogP contribution in [-0.4, -0.2) is 24.2 Å². The van der Waals surface area contributed by atoms with Gasteiger partial charge in [0.25, 0.3) is 0 Å². The first-order valence-electron chi connectivity index (χ1n) is 7.63.